The Balaban J connectivity index is 2.08. The normalized spacial score (nSPS) is 14.4. The maximum absolute atomic E-state index is 2.30. The van der Waals surface area contributed by atoms with Crippen molar-refractivity contribution < 1.29 is 0 Å². The zero-order chi connectivity index (χ0) is 10.9. The summed E-state index contributed by atoms with van der Waals surface area (Å²) in [5, 5.41) is 0. The van der Waals surface area contributed by atoms with Crippen molar-refractivity contribution in [3.8, 4) is 0 Å². The molecule has 1 rings (SSSR count). The smallest absolute Gasteiger partial charge is 0.0280 e. The van der Waals surface area contributed by atoms with Crippen LogP contribution in [-0.4, -0.2) is 0 Å². The highest BCUT2D eigenvalue weighted by molar-refractivity contribution is 5.25. The minimum atomic E-state index is 1.35. The van der Waals surface area contributed by atoms with E-state index >= 15 is 0 Å². The lowest BCUT2D eigenvalue weighted by Crippen LogP contribution is -1.86. The fourth-order valence-corrected chi connectivity index (χ4v) is 2.23. The van der Waals surface area contributed by atoms with E-state index in [2.05, 4.69) is 13.8 Å². The molecule has 0 unspecified atom stereocenters. The van der Waals surface area contributed by atoms with Crippen molar-refractivity contribution in [2.45, 2.75) is 84.5 Å². The summed E-state index contributed by atoms with van der Waals surface area (Å²) >= 11 is 0. The molecule has 0 N–H and O–H groups in total. The molecule has 1 aliphatic carbocycles. The van der Waals surface area contributed by atoms with Gasteiger partial charge in [0.25, 0.3) is 0 Å². The van der Waals surface area contributed by atoms with Crippen LogP contribution in [0.25, 0.3) is 0 Å². The van der Waals surface area contributed by atoms with Crippen LogP contribution >= 0.6 is 0 Å². The highest BCUT2D eigenvalue weighted by Gasteiger charge is 2.16. The van der Waals surface area contributed by atoms with Crippen LogP contribution in [0.15, 0.2) is 11.1 Å². The van der Waals surface area contributed by atoms with Gasteiger partial charge in [-0.15, -0.1) is 0 Å². The van der Waals surface area contributed by atoms with Crippen molar-refractivity contribution in [2.24, 2.45) is 0 Å². The van der Waals surface area contributed by atoms with E-state index in [1.165, 1.54) is 70.6 Å². The van der Waals surface area contributed by atoms with Gasteiger partial charge in [0.05, 0.1) is 0 Å². The van der Waals surface area contributed by atoms with E-state index in [-0.39, 0.29) is 0 Å². The van der Waals surface area contributed by atoms with Crippen LogP contribution in [0, 0.1) is 0 Å². The molecule has 1 aliphatic rings. The lowest BCUT2D eigenvalue weighted by molar-refractivity contribution is 0.618. The van der Waals surface area contributed by atoms with E-state index in [9.17, 15) is 0 Å². The Labute approximate surface area is 96.2 Å². The first-order valence-corrected chi connectivity index (χ1v) is 7.08. The summed E-state index contributed by atoms with van der Waals surface area (Å²) in [7, 11) is 0. The molecule has 15 heavy (non-hydrogen) atoms. The Kier molecular flexibility index (Phi) is 6.80. The third-order valence-electron chi connectivity index (χ3n) is 3.41. The predicted octanol–water partition coefficient (Wildman–Crippen LogP) is 5.63. The zero-order valence-corrected chi connectivity index (χ0v) is 10.8. The average Bonchev–Trinajstić information content (AvgIpc) is 3.06. The molecule has 0 aromatic rings. The maximum atomic E-state index is 2.30. The number of hydrogen-bond acceptors (Lipinski definition) is 0. The molecule has 0 aromatic heterocycles. The number of hydrogen-bond donors (Lipinski definition) is 0. The molecule has 0 spiro atoms. The van der Waals surface area contributed by atoms with Crippen LogP contribution in [0.2, 0.25) is 0 Å². The first-order chi connectivity index (χ1) is 7.38. The molecule has 1 saturated carbocycles. The summed E-state index contributed by atoms with van der Waals surface area (Å²) in [6.45, 7) is 4.59. The van der Waals surface area contributed by atoms with Gasteiger partial charge in [0.2, 0.25) is 0 Å². The zero-order valence-electron chi connectivity index (χ0n) is 10.8. The van der Waals surface area contributed by atoms with Gasteiger partial charge in [0.15, 0.2) is 0 Å². The quantitative estimate of drug-likeness (QED) is 0.340. The van der Waals surface area contributed by atoms with Crippen molar-refractivity contribution in [2.75, 3.05) is 0 Å². The third-order valence-corrected chi connectivity index (χ3v) is 3.41. The van der Waals surface area contributed by atoms with Gasteiger partial charge in [0.1, 0.15) is 0 Å². The molecule has 88 valence electrons. The third kappa shape index (κ3) is 6.02. The van der Waals surface area contributed by atoms with Crippen molar-refractivity contribution in [1.82, 2.24) is 0 Å². The molecule has 0 aliphatic heterocycles. The first kappa shape index (κ1) is 12.8. The summed E-state index contributed by atoms with van der Waals surface area (Å²) < 4.78 is 0. The van der Waals surface area contributed by atoms with Gasteiger partial charge in [-0.05, 0) is 38.5 Å². The van der Waals surface area contributed by atoms with Gasteiger partial charge in [-0.1, -0.05) is 57.1 Å². The molecule has 0 saturated heterocycles. The van der Waals surface area contributed by atoms with E-state index in [0.717, 1.165) is 0 Å². The minimum absolute atomic E-state index is 1.35. The topological polar surface area (TPSA) is 0 Å². The van der Waals surface area contributed by atoms with Crippen molar-refractivity contribution in [3.63, 3.8) is 0 Å². The minimum Gasteiger partial charge on any atom is -0.0710 e. The van der Waals surface area contributed by atoms with Crippen molar-refractivity contribution in [3.05, 3.63) is 11.1 Å². The fourth-order valence-electron chi connectivity index (χ4n) is 2.23. The van der Waals surface area contributed by atoms with Crippen LogP contribution in [-0.2, 0) is 0 Å². The second-order valence-corrected chi connectivity index (χ2v) is 4.97. The van der Waals surface area contributed by atoms with Crippen molar-refractivity contribution >= 4 is 0 Å². The van der Waals surface area contributed by atoms with Crippen LogP contribution < -0.4 is 0 Å². The van der Waals surface area contributed by atoms with Gasteiger partial charge >= 0.3 is 0 Å². The molecular weight excluding hydrogens is 180 g/mol. The van der Waals surface area contributed by atoms with Crippen molar-refractivity contribution in [1.29, 1.82) is 0 Å². The second-order valence-electron chi connectivity index (χ2n) is 4.97. The van der Waals surface area contributed by atoms with Crippen LogP contribution in [0.5, 0.6) is 0 Å². The predicted molar refractivity (Wildman–Crippen MR) is 69.2 cm³/mol. The monoisotopic (exact) mass is 208 g/mol. The summed E-state index contributed by atoms with van der Waals surface area (Å²) in [6.07, 6.45) is 15.6. The standard InChI is InChI=1S/C15H28/c1-3-5-7-8-9-11-14(10-6-4-2)15-12-13-15/h3-13H2,1-2H3. The Hall–Kier alpha value is -0.260. The molecule has 0 atom stereocenters. The summed E-state index contributed by atoms with van der Waals surface area (Å²) in [5.74, 6) is 0. The Morgan fingerprint density at radius 2 is 1.40 bits per heavy atom. The largest absolute Gasteiger partial charge is 0.0710 e. The van der Waals surface area contributed by atoms with E-state index in [0.29, 0.717) is 0 Å². The van der Waals surface area contributed by atoms with E-state index < -0.39 is 0 Å². The lowest BCUT2D eigenvalue weighted by atomic mass is 10.0. The van der Waals surface area contributed by atoms with Gasteiger partial charge in [0, 0.05) is 0 Å². The molecular formula is C15H28. The van der Waals surface area contributed by atoms with E-state index in [4.69, 9.17) is 0 Å². The summed E-state index contributed by atoms with van der Waals surface area (Å²) in [4.78, 5) is 0. The molecule has 0 bridgehead atoms. The van der Waals surface area contributed by atoms with Crippen LogP contribution in [0.3, 0.4) is 0 Å². The SMILES string of the molecule is CCCCCCCC(CCCC)=C1CC1. The maximum Gasteiger partial charge on any atom is -0.0280 e. The number of rotatable bonds is 9. The Bertz CT molecular complexity index is 182. The van der Waals surface area contributed by atoms with Gasteiger partial charge in [-0.25, -0.2) is 0 Å². The van der Waals surface area contributed by atoms with Crippen LogP contribution in [0.1, 0.15) is 84.5 Å². The first-order valence-electron chi connectivity index (χ1n) is 7.08. The molecule has 1 fully saturated rings. The van der Waals surface area contributed by atoms with Gasteiger partial charge in [-0.3, -0.25) is 0 Å². The second kappa shape index (κ2) is 7.96. The van der Waals surface area contributed by atoms with Gasteiger partial charge in [-0.2, -0.15) is 0 Å². The lowest BCUT2D eigenvalue weighted by Gasteiger charge is -2.06. The molecule has 0 radical (unpaired) electrons. The van der Waals surface area contributed by atoms with Crippen LogP contribution in [0.4, 0.5) is 0 Å². The molecule has 0 heteroatoms. The fraction of sp³-hybridized carbons (Fsp3) is 0.867. The molecule has 0 heterocycles. The molecule has 0 aromatic carbocycles. The molecule has 0 nitrogen and oxygen atoms in total. The Morgan fingerprint density at radius 3 is 2.00 bits per heavy atom. The average molecular weight is 208 g/mol. The summed E-state index contributed by atoms with van der Waals surface area (Å²) in [6, 6.07) is 0. The highest BCUT2D eigenvalue weighted by atomic mass is 14.2. The highest BCUT2D eigenvalue weighted by Crippen LogP contribution is 2.36. The molecule has 0 amide bonds. The van der Waals surface area contributed by atoms with E-state index in [1.807, 2.05) is 11.1 Å². The summed E-state index contributed by atoms with van der Waals surface area (Å²) in [5.41, 5.74) is 3.66. The number of unbranched alkanes of at least 4 members (excludes halogenated alkanes) is 5. The Morgan fingerprint density at radius 1 is 0.800 bits per heavy atom. The number of allylic oxidation sites excluding steroid dienone is 2. The van der Waals surface area contributed by atoms with Gasteiger partial charge < -0.3 is 0 Å². The van der Waals surface area contributed by atoms with E-state index in [1.54, 1.807) is 0 Å².